The van der Waals surface area contributed by atoms with E-state index in [1.165, 1.54) is 18.3 Å². The minimum absolute atomic E-state index is 0.130. The number of allylic oxidation sites excluding steroid dienone is 1. The lowest BCUT2D eigenvalue weighted by Crippen LogP contribution is -2.31. The van der Waals surface area contributed by atoms with Crippen molar-refractivity contribution in [2.45, 2.75) is 46.6 Å². The lowest BCUT2D eigenvalue weighted by molar-refractivity contribution is -0.111. The van der Waals surface area contributed by atoms with Crippen LogP contribution in [0.4, 0.5) is 32.8 Å². The third kappa shape index (κ3) is 9.87. The molecule has 0 aliphatic carbocycles. The highest BCUT2D eigenvalue weighted by Gasteiger charge is 2.20. The number of amides is 1. The molecule has 0 aromatic heterocycles. The fourth-order valence-corrected chi connectivity index (χ4v) is 4.74. The van der Waals surface area contributed by atoms with Gasteiger partial charge in [-0.15, -0.1) is 0 Å². The van der Waals surface area contributed by atoms with Crippen LogP contribution in [0.25, 0.3) is 0 Å². The molecule has 2 rings (SSSR count). The van der Waals surface area contributed by atoms with Crippen molar-refractivity contribution in [1.82, 2.24) is 4.90 Å². The number of aliphatic imine (C=N–C) groups is 3. The summed E-state index contributed by atoms with van der Waals surface area (Å²) in [5, 5.41) is 6.35. The summed E-state index contributed by atoms with van der Waals surface area (Å²) in [6, 6.07) is 7.45. The number of carbonyl (C=O) groups is 1. The van der Waals surface area contributed by atoms with E-state index in [4.69, 9.17) is 4.99 Å². The maximum absolute atomic E-state index is 15.4. The number of rotatable bonds is 18. The van der Waals surface area contributed by atoms with Gasteiger partial charge in [0.25, 0.3) is 0 Å². The van der Waals surface area contributed by atoms with Gasteiger partial charge >= 0.3 is 0 Å². The number of carbonyl (C=O) groups excluding carboxylic acids is 1. The molecule has 0 atom stereocenters. The van der Waals surface area contributed by atoms with Crippen LogP contribution in [-0.4, -0.2) is 83.4 Å². The van der Waals surface area contributed by atoms with Crippen molar-refractivity contribution in [2.75, 3.05) is 67.9 Å². The Morgan fingerprint density at radius 3 is 2.32 bits per heavy atom. The van der Waals surface area contributed by atoms with Crippen molar-refractivity contribution >= 4 is 53.5 Å². The Kier molecular flexibility index (Phi) is 14.5. The zero-order chi connectivity index (χ0) is 32.8. The molecule has 0 bridgehead atoms. The quantitative estimate of drug-likeness (QED) is 0.149. The monoisotopic (exact) mass is 604 g/mol. The van der Waals surface area contributed by atoms with Gasteiger partial charge in [-0.05, 0) is 96.2 Å². The van der Waals surface area contributed by atoms with Crippen LogP contribution in [0.3, 0.4) is 0 Å². The number of halogens is 1. The van der Waals surface area contributed by atoms with Gasteiger partial charge in [0.1, 0.15) is 12.4 Å². The number of anilines is 4. The average molecular weight is 605 g/mol. The third-order valence-corrected chi connectivity index (χ3v) is 7.09. The second kappa shape index (κ2) is 17.7. The van der Waals surface area contributed by atoms with Crippen LogP contribution < -0.4 is 20.4 Å². The molecule has 0 heterocycles. The minimum atomic E-state index is -0.472. The first-order chi connectivity index (χ1) is 21.0. The summed E-state index contributed by atoms with van der Waals surface area (Å²) in [5.41, 5.74) is 5.47. The Morgan fingerprint density at radius 2 is 1.75 bits per heavy atom. The molecule has 2 N–H and O–H groups in total. The normalized spacial score (nSPS) is 11.6. The summed E-state index contributed by atoms with van der Waals surface area (Å²) in [4.78, 5) is 31.3. The maximum atomic E-state index is 15.4. The van der Waals surface area contributed by atoms with Crippen molar-refractivity contribution < 1.29 is 9.18 Å². The van der Waals surface area contributed by atoms with E-state index in [0.29, 0.717) is 22.6 Å². The average Bonchev–Trinajstić information content (AvgIpc) is 2.99. The van der Waals surface area contributed by atoms with E-state index in [0.717, 1.165) is 49.4 Å². The van der Waals surface area contributed by atoms with Gasteiger partial charge in [-0.2, -0.15) is 0 Å². The molecule has 238 valence electrons. The first kappa shape index (κ1) is 35.9. The number of benzene rings is 2. The van der Waals surface area contributed by atoms with Gasteiger partial charge < -0.3 is 25.3 Å². The zero-order valence-corrected chi connectivity index (χ0v) is 27.5. The molecule has 0 spiro atoms. The van der Waals surface area contributed by atoms with Crippen LogP contribution >= 0.6 is 0 Å². The van der Waals surface area contributed by atoms with Gasteiger partial charge in [0, 0.05) is 50.2 Å². The smallest absolute Gasteiger partial charge is 0.247 e. The summed E-state index contributed by atoms with van der Waals surface area (Å²) in [5.74, 6) is -0.765. The van der Waals surface area contributed by atoms with Crippen LogP contribution in [-0.2, 0) is 11.2 Å². The van der Waals surface area contributed by atoms with Gasteiger partial charge in [-0.3, -0.25) is 19.8 Å². The van der Waals surface area contributed by atoms with Gasteiger partial charge in [-0.1, -0.05) is 20.4 Å². The Morgan fingerprint density at radius 1 is 1.02 bits per heavy atom. The van der Waals surface area contributed by atoms with Crippen LogP contribution in [0.2, 0.25) is 0 Å². The number of hydrogen-bond donors (Lipinski definition) is 2. The van der Waals surface area contributed by atoms with Gasteiger partial charge in [-0.25, -0.2) is 4.39 Å². The highest BCUT2D eigenvalue weighted by atomic mass is 19.1. The SMILES string of the molecule is C=CC(=O)Nc1cc(NCN=C(/C=C\N=C)c2cc(F)c(N=C)c(N(CCC)C(C)C)c2)c(CC)cc1N(C)CCN(C)C. The first-order valence-electron chi connectivity index (χ1n) is 14.9. The Hall–Kier alpha value is -4.31. The first-order valence-corrected chi connectivity index (χ1v) is 14.9. The lowest BCUT2D eigenvalue weighted by atomic mass is 10.1. The maximum Gasteiger partial charge on any atom is 0.247 e. The summed E-state index contributed by atoms with van der Waals surface area (Å²) < 4.78 is 15.4. The number of likely N-dealkylation sites (N-methyl/N-ethyl adjacent to an activating group) is 2. The number of hydrogen-bond acceptors (Lipinski definition) is 8. The summed E-state index contributed by atoms with van der Waals surface area (Å²) >= 11 is 0. The summed E-state index contributed by atoms with van der Waals surface area (Å²) in [7, 11) is 6.06. The van der Waals surface area contributed by atoms with E-state index in [1.807, 2.05) is 33.3 Å². The van der Waals surface area contributed by atoms with Gasteiger partial charge in [0.2, 0.25) is 5.91 Å². The molecule has 0 saturated heterocycles. The molecule has 0 aliphatic rings. The number of nitrogens with zero attached hydrogens (tertiary/aromatic N) is 6. The molecule has 10 heteroatoms. The second-order valence-corrected chi connectivity index (χ2v) is 10.9. The molecule has 2 aromatic rings. The molecule has 0 unspecified atom stereocenters. The van der Waals surface area contributed by atoms with Crippen LogP contribution in [0.15, 0.2) is 64.2 Å². The molecular weight excluding hydrogens is 555 g/mol. The molecule has 2 aromatic carbocycles. The van der Waals surface area contributed by atoms with Crippen molar-refractivity contribution in [3.63, 3.8) is 0 Å². The second-order valence-electron chi connectivity index (χ2n) is 10.9. The Balaban J connectivity index is 2.55. The Bertz CT molecular complexity index is 1370. The number of aryl methyl sites for hydroxylation is 1. The summed E-state index contributed by atoms with van der Waals surface area (Å²) in [6.45, 7) is 21.6. The van der Waals surface area contributed by atoms with E-state index < -0.39 is 5.82 Å². The van der Waals surface area contributed by atoms with E-state index in [9.17, 15) is 4.79 Å². The highest BCUT2D eigenvalue weighted by Crippen LogP contribution is 2.35. The van der Waals surface area contributed by atoms with E-state index in [2.05, 4.69) is 89.1 Å². The van der Waals surface area contributed by atoms with Crippen LogP contribution in [0, 0.1) is 5.82 Å². The highest BCUT2D eigenvalue weighted by molar-refractivity contribution is 6.10. The van der Waals surface area contributed by atoms with E-state index >= 15 is 4.39 Å². The zero-order valence-electron chi connectivity index (χ0n) is 27.5. The number of nitrogens with one attached hydrogen (secondary N) is 2. The largest absolute Gasteiger partial charge is 0.372 e. The van der Waals surface area contributed by atoms with Crippen LogP contribution in [0.5, 0.6) is 0 Å². The molecule has 9 nitrogen and oxygen atoms in total. The van der Waals surface area contributed by atoms with E-state index in [-0.39, 0.29) is 24.3 Å². The summed E-state index contributed by atoms with van der Waals surface area (Å²) in [6.07, 6.45) is 6.14. The molecule has 44 heavy (non-hydrogen) atoms. The molecule has 0 aliphatic heterocycles. The van der Waals surface area contributed by atoms with Crippen molar-refractivity contribution in [3.8, 4) is 0 Å². The van der Waals surface area contributed by atoms with Crippen molar-refractivity contribution in [3.05, 3.63) is 66.1 Å². The lowest BCUT2D eigenvalue weighted by Gasteiger charge is -2.30. The van der Waals surface area contributed by atoms with Gasteiger partial charge in [0.15, 0.2) is 5.82 Å². The van der Waals surface area contributed by atoms with Gasteiger partial charge in [0.05, 0.1) is 22.8 Å². The molecule has 0 radical (unpaired) electrons. The topological polar surface area (TPSA) is 87.9 Å². The third-order valence-electron chi connectivity index (χ3n) is 7.09. The fourth-order valence-electron chi connectivity index (χ4n) is 4.74. The van der Waals surface area contributed by atoms with Crippen molar-refractivity contribution in [2.24, 2.45) is 15.0 Å². The predicted molar refractivity (Wildman–Crippen MR) is 189 cm³/mol. The molecule has 1 amide bonds. The van der Waals surface area contributed by atoms with Crippen LogP contribution in [0.1, 0.15) is 45.2 Å². The predicted octanol–water partition coefficient (Wildman–Crippen LogP) is 6.54. The molecule has 0 saturated carbocycles. The molecular formula is C34H49FN8O. The standard InChI is InChI=1S/C34H49FN8O/c1-11-16-43(24(4)5)32-21-26(19-27(35)34(32)37-7)28(14-15-36-6)38-23-39-29-22-30(40-33(44)13-3)31(20-25(29)12-2)42(10)18-17-41(8)9/h13-15,19-22,24,39H,3,6-7,11-12,16-18,23H2,1-2,4-5,8-10H3,(H,40,44)/b15-14-,38-28?. The fraction of sp³-hybridized carbons (Fsp3) is 0.412. The van der Waals surface area contributed by atoms with E-state index in [1.54, 1.807) is 6.08 Å². The molecule has 0 fully saturated rings. The minimum Gasteiger partial charge on any atom is -0.372 e. The van der Waals surface area contributed by atoms with Crippen molar-refractivity contribution in [1.29, 1.82) is 0 Å². The Labute approximate surface area is 263 Å².